The molecule has 1 aliphatic rings. The fourth-order valence-electron chi connectivity index (χ4n) is 3.29. The monoisotopic (exact) mass is 400 g/mol. The van der Waals surface area contributed by atoms with Gasteiger partial charge in [0.15, 0.2) is 11.5 Å². The van der Waals surface area contributed by atoms with Gasteiger partial charge in [0.1, 0.15) is 5.82 Å². The van der Waals surface area contributed by atoms with Crippen LogP contribution >= 0.6 is 0 Å². The molecule has 0 radical (unpaired) electrons. The van der Waals surface area contributed by atoms with Gasteiger partial charge in [-0.05, 0) is 32.9 Å². The number of piperazine rings is 1. The Hall–Kier alpha value is -3.03. The van der Waals surface area contributed by atoms with E-state index in [1.54, 1.807) is 30.7 Å². The molecule has 2 heterocycles. The van der Waals surface area contributed by atoms with Crippen LogP contribution in [0.5, 0.6) is 17.2 Å². The summed E-state index contributed by atoms with van der Waals surface area (Å²) in [6.07, 6.45) is 5.07. The topological polar surface area (TPSA) is 77.0 Å². The molecule has 1 aromatic carbocycles. The Labute approximate surface area is 171 Å². The first-order valence-corrected chi connectivity index (χ1v) is 10.0. The fourth-order valence-corrected chi connectivity index (χ4v) is 3.29. The Morgan fingerprint density at radius 1 is 0.931 bits per heavy atom. The van der Waals surface area contributed by atoms with Crippen molar-refractivity contribution in [3.05, 3.63) is 36.3 Å². The van der Waals surface area contributed by atoms with E-state index in [1.807, 2.05) is 25.7 Å². The summed E-state index contributed by atoms with van der Waals surface area (Å²) in [5.74, 6) is 2.38. The molecule has 1 aliphatic heterocycles. The van der Waals surface area contributed by atoms with E-state index in [0.717, 1.165) is 5.82 Å². The largest absolute Gasteiger partial charge is 0.490 e. The maximum Gasteiger partial charge on any atom is 0.254 e. The van der Waals surface area contributed by atoms with Crippen molar-refractivity contribution in [1.82, 2.24) is 14.9 Å². The van der Waals surface area contributed by atoms with Gasteiger partial charge in [0, 0.05) is 44.1 Å². The highest BCUT2D eigenvalue weighted by Crippen LogP contribution is 2.39. The van der Waals surface area contributed by atoms with Gasteiger partial charge >= 0.3 is 0 Å². The Bertz CT molecular complexity index is 781. The van der Waals surface area contributed by atoms with Crippen LogP contribution in [-0.2, 0) is 0 Å². The first-order valence-electron chi connectivity index (χ1n) is 10.0. The number of aromatic nitrogens is 2. The average molecular weight is 400 g/mol. The van der Waals surface area contributed by atoms with Gasteiger partial charge < -0.3 is 24.0 Å². The van der Waals surface area contributed by atoms with E-state index in [2.05, 4.69) is 14.9 Å². The van der Waals surface area contributed by atoms with Gasteiger partial charge in [-0.15, -0.1) is 0 Å². The normalized spacial score (nSPS) is 13.9. The number of ether oxygens (including phenoxy) is 3. The van der Waals surface area contributed by atoms with Crippen LogP contribution < -0.4 is 19.1 Å². The lowest BCUT2D eigenvalue weighted by molar-refractivity contribution is 0.0745. The van der Waals surface area contributed by atoms with Gasteiger partial charge in [-0.1, -0.05) is 0 Å². The molecule has 1 amide bonds. The minimum Gasteiger partial charge on any atom is -0.490 e. The first-order chi connectivity index (χ1) is 14.2. The molecule has 0 atom stereocenters. The number of carbonyl (C=O) groups excluding carboxylic acids is 1. The lowest BCUT2D eigenvalue weighted by Crippen LogP contribution is -2.49. The predicted octanol–water partition coefficient (Wildman–Crippen LogP) is 2.64. The molecule has 0 saturated carbocycles. The number of benzene rings is 1. The number of rotatable bonds is 8. The van der Waals surface area contributed by atoms with E-state index < -0.39 is 0 Å². The molecule has 0 unspecified atom stereocenters. The molecule has 0 aliphatic carbocycles. The zero-order valence-corrected chi connectivity index (χ0v) is 17.3. The fraction of sp³-hybridized carbons (Fsp3) is 0.476. The maximum absolute atomic E-state index is 13.2. The number of nitrogens with zero attached hydrogens (tertiary/aromatic N) is 4. The van der Waals surface area contributed by atoms with Crippen LogP contribution in [0, 0.1) is 0 Å². The molecule has 156 valence electrons. The third kappa shape index (κ3) is 4.88. The minimum atomic E-state index is -0.0475. The number of hydrogen-bond donors (Lipinski definition) is 0. The molecule has 29 heavy (non-hydrogen) atoms. The second-order valence-electron chi connectivity index (χ2n) is 6.44. The van der Waals surface area contributed by atoms with E-state index in [9.17, 15) is 4.79 Å². The maximum atomic E-state index is 13.2. The van der Waals surface area contributed by atoms with Crippen molar-refractivity contribution < 1.29 is 19.0 Å². The SMILES string of the molecule is CCOc1cc(C(=O)N2CCN(c3cnccn3)CC2)cc(OCC)c1OCC. The highest BCUT2D eigenvalue weighted by molar-refractivity contribution is 5.95. The summed E-state index contributed by atoms with van der Waals surface area (Å²) in [5, 5.41) is 0. The molecule has 0 bridgehead atoms. The Morgan fingerprint density at radius 3 is 2.07 bits per heavy atom. The Balaban J connectivity index is 1.78. The molecule has 0 spiro atoms. The summed E-state index contributed by atoms with van der Waals surface area (Å²) in [4.78, 5) is 25.6. The summed E-state index contributed by atoms with van der Waals surface area (Å²) in [6.45, 7) is 9.76. The molecule has 8 heteroatoms. The second-order valence-corrected chi connectivity index (χ2v) is 6.44. The summed E-state index contributed by atoms with van der Waals surface area (Å²) in [7, 11) is 0. The quantitative estimate of drug-likeness (QED) is 0.674. The van der Waals surface area contributed by atoms with Crippen molar-refractivity contribution in [2.75, 3.05) is 50.9 Å². The van der Waals surface area contributed by atoms with Crippen molar-refractivity contribution in [3.63, 3.8) is 0 Å². The van der Waals surface area contributed by atoms with E-state index in [-0.39, 0.29) is 5.91 Å². The molecule has 8 nitrogen and oxygen atoms in total. The number of amides is 1. The van der Waals surface area contributed by atoms with Crippen LogP contribution in [0.3, 0.4) is 0 Å². The number of anilines is 1. The minimum absolute atomic E-state index is 0.0475. The zero-order valence-electron chi connectivity index (χ0n) is 17.3. The van der Waals surface area contributed by atoms with Crippen molar-refractivity contribution >= 4 is 11.7 Å². The van der Waals surface area contributed by atoms with Crippen molar-refractivity contribution in [2.45, 2.75) is 20.8 Å². The van der Waals surface area contributed by atoms with E-state index in [1.165, 1.54) is 0 Å². The van der Waals surface area contributed by atoms with Crippen LogP contribution in [0.1, 0.15) is 31.1 Å². The third-order valence-electron chi connectivity index (χ3n) is 4.60. The van der Waals surface area contributed by atoms with Crippen LogP contribution in [0.25, 0.3) is 0 Å². The van der Waals surface area contributed by atoms with Gasteiger partial charge in [-0.2, -0.15) is 0 Å². The van der Waals surface area contributed by atoms with Crippen LogP contribution in [0.2, 0.25) is 0 Å². The summed E-state index contributed by atoms with van der Waals surface area (Å²) >= 11 is 0. The van der Waals surface area contributed by atoms with Gasteiger partial charge in [-0.25, -0.2) is 4.98 Å². The predicted molar refractivity (Wildman–Crippen MR) is 110 cm³/mol. The zero-order chi connectivity index (χ0) is 20.6. The van der Waals surface area contributed by atoms with Gasteiger partial charge in [0.25, 0.3) is 5.91 Å². The smallest absolute Gasteiger partial charge is 0.254 e. The third-order valence-corrected chi connectivity index (χ3v) is 4.60. The van der Waals surface area contributed by atoms with E-state index in [0.29, 0.717) is 68.8 Å². The number of hydrogen-bond acceptors (Lipinski definition) is 7. The molecule has 2 aromatic rings. The standard InChI is InChI=1S/C21H28N4O4/c1-4-27-17-13-16(14-18(28-5-2)20(17)29-6-3)21(26)25-11-9-24(10-12-25)19-15-22-7-8-23-19/h7-8,13-15H,4-6,9-12H2,1-3H3. The summed E-state index contributed by atoms with van der Waals surface area (Å²) in [5.41, 5.74) is 0.535. The Kier molecular flexibility index (Phi) is 7.10. The molecular formula is C21H28N4O4. The molecule has 1 fully saturated rings. The van der Waals surface area contributed by atoms with Gasteiger partial charge in [0.05, 0.1) is 26.0 Å². The Morgan fingerprint density at radius 2 is 1.55 bits per heavy atom. The molecule has 3 rings (SSSR count). The van der Waals surface area contributed by atoms with Crippen molar-refractivity contribution in [1.29, 1.82) is 0 Å². The lowest BCUT2D eigenvalue weighted by Gasteiger charge is -2.35. The van der Waals surface area contributed by atoms with Crippen molar-refractivity contribution in [2.24, 2.45) is 0 Å². The van der Waals surface area contributed by atoms with Crippen molar-refractivity contribution in [3.8, 4) is 17.2 Å². The van der Waals surface area contributed by atoms with E-state index in [4.69, 9.17) is 14.2 Å². The molecule has 1 saturated heterocycles. The first kappa shape index (κ1) is 20.7. The summed E-state index contributed by atoms with van der Waals surface area (Å²) < 4.78 is 17.2. The molecule has 0 N–H and O–H groups in total. The molecular weight excluding hydrogens is 372 g/mol. The second kappa shape index (κ2) is 9.95. The highest BCUT2D eigenvalue weighted by atomic mass is 16.5. The summed E-state index contributed by atoms with van der Waals surface area (Å²) in [6, 6.07) is 3.49. The average Bonchev–Trinajstić information content (AvgIpc) is 2.76. The number of carbonyl (C=O) groups is 1. The van der Waals surface area contributed by atoms with Gasteiger partial charge in [0.2, 0.25) is 5.75 Å². The van der Waals surface area contributed by atoms with E-state index >= 15 is 0 Å². The van der Waals surface area contributed by atoms with Crippen LogP contribution in [0.15, 0.2) is 30.7 Å². The van der Waals surface area contributed by atoms with Crippen LogP contribution in [0.4, 0.5) is 5.82 Å². The lowest BCUT2D eigenvalue weighted by atomic mass is 10.1. The molecule has 1 aromatic heterocycles. The van der Waals surface area contributed by atoms with Gasteiger partial charge in [-0.3, -0.25) is 9.78 Å². The van der Waals surface area contributed by atoms with Crippen LogP contribution in [-0.4, -0.2) is 66.8 Å². The highest BCUT2D eigenvalue weighted by Gasteiger charge is 2.25.